The zero-order chi connectivity index (χ0) is 26.3. The van der Waals surface area contributed by atoms with E-state index in [9.17, 15) is 10.1 Å². The number of pyridine rings is 1. The maximum Gasteiger partial charge on any atom is 0.273 e. The number of aromatic nitrogens is 2. The molecular weight excluding hydrogens is 554 g/mol. The van der Waals surface area contributed by atoms with Crippen LogP contribution in [0.2, 0.25) is 0 Å². The molecule has 4 aromatic rings. The van der Waals surface area contributed by atoms with E-state index >= 15 is 0 Å². The number of nitrogens with zero attached hydrogens (tertiary/aromatic N) is 4. The molecule has 1 fully saturated rings. The van der Waals surface area contributed by atoms with Crippen LogP contribution in [0.4, 0.5) is 11.4 Å². The van der Waals surface area contributed by atoms with Gasteiger partial charge in [-0.15, -0.1) is 0 Å². The van der Waals surface area contributed by atoms with E-state index in [-0.39, 0.29) is 17.8 Å². The molecule has 3 heterocycles. The fourth-order valence-electron chi connectivity index (χ4n) is 4.97. The number of hydrogen-bond acceptors (Lipinski definition) is 5. The van der Waals surface area contributed by atoms with Crippen LogP contribution in [-0.2, 0) is 0 Å². The minimum atomic E-state index is -0.425. The molecule has 1 N–H and O–H groups in total. The van der Waals surface area contributed by atoms with Gasteiger partial charge in [0.15, 0.2) is 5.11 Å². The molecule has 8 nitrogen and oxygen atoms in total. The van der Waals surface area contributed by atoms with Crippen LogP contribution in [-0.4, -0.2) is 26.7 Å². The summed E-state index contributed by atoms with van der Waals surface area (Å²) in [4.78, 5) is 17.7. The molecule has 2 aromatic carbocycles. The summed E-state index contributed by atoms with van der Waals surface area (Å²) in [7, 11) is 1.52. The Balaban J connectivity index is 1.68. The molecule has 188 valence electrons. The number of aryl methyl sites for hydroxylation is 1. The first-order valence-corrected chi connectivity index (χ1v) is 12.8. The lowest BCUT2D eigenvalue weighted by Gasteiger charge is -2.28. The van der Waals surface area contributed by atoms with E-state index in [1.54, 1.807) is 12.3 Å². The molecule has 2 atom stereocenters. The molecule has 0 aliphatic carbocycles. The lowest BCUT2D eigenvalue weighted by atomic mass is 9.96. The third-order valence-corrected chi connectivity index (χ3v) is 7.45. The minimum absolute atomic E-state index is 0.0229. The number of rotatable bonds is 6. The van der Waals surface area contributed by atoms with Gasteiger partial charge in [0.05, 0.1) is 41.6 Å². The van der Waals surface area contributed by atoms with Gasteiger partial charge in [0.25, 0.3) is 5.69 Å². The fraction of sp³-hybridized carbons (Fsp3) is 0.185. The van der Waals surface area contributed by atoms with Crippen molar-refractivity contribution in [3.8, 4) is 11.4 Å². The first kappa shape index (κ1) is 24.9. The second kappa shape index (κ2) is 9.95. The summed E-state index contributed by atoms with van der Waals surface area (Å²) in [6.07, 6.45) is 1.78. The van der Waals surface area contributed by atoms with E-state index in [2.05, 4.69) is 41.8 Å². The number of ether oxygens (including phenoxy) is 1. The first-order chi connectivity index (χ1) is 17.8. The van der Waals surface area contributed by atoms with Gasteiger partial charge in [-0.1, -0.05) is 22.0 Å². The van der Waals surface area contributed by atoms with Crippen LogP contribution in [0.15, 0.2) is 77.4 Å². The van der Waals surface area contributed by atoms with E-state index in [0.29, 0.717) is 10.9 Å². The van der Waals surface area contributed by atoms with Crippen molar-refractivity contribution >= 4 is 44.6 Å². The zero-order valence-electron chi connectivity index (χ0n) is 20.4. The van der Waals surface area contributed by atoms with Crippen molar-refractivity contribution < 1.29 is 9.66 Å². The molecule has 0 unspecified atom stereocenters. The third-order valence-electron chi connectivity index (χ3n) is 6.61. The highest BCUT2D eigenvalue weighted by atomic mass is 79.9. The van der Waals surface area contributed by atoms with Crippen LogP contribution in [0.1, 0.15) is 34.7 Å². The molecule has 0 radical (unpaired) electrons. The van der Waals surface area contributed by atoms with Crippen LogP contribution in [0.3, 0.4) is 0 Å². The molecule has 0 saturated carbocycles. The minimum Gasteiger partial charge on any atom is -0.494 e. The van der Waals surface area contributed by atoms with Gasteiger partial charge in [-0.3, -0.25) is 15.1 Å². The summed E-state index contributed by atoms with van der Waals surface area (Å²) in [6, 6.07) is 20.3. The molecular formula is C27H24BrN5O3S. The van der Waals surface area contributed by atoms with Crippen molar-refractivity contribution in [1.29, 1.82) is 0 Å². The Labute approximate surface area is 228 Å². The highest BCUT2D eigenvalue weighted by Gasteiger charge is 2.42. The predicted octanol–water partition coefficient (Wildman–Crippen LogP) is 6.35. The van der Waals surface area contributed by atoms with E-state index in [4.69, 9.17) is 17.0 Å². The number of methoxy groups -OCH3 is 1. The van der Waals surface area contributed by atoms with Gasteiger partial charge in [-0.05, 0) is 80.2 Å². The highest BCUT2D eigenvalue weighted by molar-refractivity contribution is 9.10. The number of benzene rings is 2. The summed E-state index contributed by atoms with van der Waals surface area (Å²) in [6.45, 7) is 4.05. The Morgan fingerprint density at radius 1 is 1.11 bits per heavy atom. The topological polar surface area (TPSA) is 85.5 Å². The normalized spacial score (nSPS) is 17.1. The molecule has 0 bridgehead atoms. The standard InChI is InChI=1S/C27H24BrN5O3S/c1-16-14-21(17(2)31(16)23-12-11-20(33(34)35)15-24(23)36-3)26-25(22-6-4-5-13-29-22)30-27(37)32(26)19-9-7-18(28)8-10-19/h4-15,25-26H,1-3H3,(H,30,37)/t25-,26-/m0/s1. The second-order valence-corrected chi connectivity index (χ2v) is 10.1. The number of nitro benzene ring substituents is 1. The molecule has 5 rings (SSSR count). The predicted molar refractivity (Wildman–Crippen MR) is 151 cm³/mol. The van der Waals surface area contributed by atoms with Crippen LogP contribution < -0.4 is 15.0 Å². The maximum atomic E-state index is 11.3. The molecule has 0 spiro atoms. The first-order valence-electron chi connectivity index (χ1n) is 11.6. The molecule has 0 amide bonds. The number of non-ortho nitro benzene ring substituents is 1. The zero-order valence-corrected chi connectivity index (χ0v) is 22.8. The average Bonchev–Trinajstić information content (AvgIpc) is 3.39. The van der Waals surface area contributed by atoms with Crippen molar-refractivity contribution in [2.24, 2.45) is 0 Å². The number of nitrogens with one attached hydrogen (secondary N) is 1. The third kappa shape index (κ3) is 4.47. The summed E-state index contributed by atoms with van der Waals surface area (Å²) in [5.74, 6) is 0.425. The monoisotopic (exact) mass is 577 g/mol. The van der Waals surface area contributed by atoms with E-state index in [1.165, 1.54) is 19.2 Å². The largest absolute Gasteiger partial charge is 0.494 e. The number of halogens is 1. The number of hydrogen-bond donors (Lipinski definition) is 1. The number of nitro groups is 1. The Morgan fingerprint density at radius 3 is 2.51 bits per heavy atom. The van der Waals surface area contributed by atoms with Gasteiger partial charge in [-0.25, -0.2) is 0 Å². The van der Waals surface area contributed by atoms with Gasteiger partial charge in [0, 0.05) is 33.8 Å². The van der Waals surface area contributed by atoms with Crippen molar-refractivity contribution in [2.75, 3.05) is 12.0 Å². The van der Waals surface area contributed by atoms with Crippen LogP contribution in [0.5, 0.6) is 5.75 Å². The molecule has 2 aromatic heterocycles. The lowest BCUT2D eigenvalue weighted by Crippen LogP contribution is -2.29. The van der Waals surface area contributed by atoms with Gasteiger partial charge in [0.1, 0.15) is 5.75 Å². The maximum absolute atomic E-state index is 11.3. The van der Waals surface area contributed by atoms with E-state index in [0.717, 1.165) is 38.5 Å². The second-order valence-electron chi connectivity index (χ2n) is 8.75. The summed E-state index contributed by atoms with van der Waals surface area (Å²) < 4.78 is 8.61. The van der Waals surface area contributed by atoms with Gasteiger partial charge in [-0.2, -0.15) is 0 Å². The summed E-state index contributed by atoms with van der Waals surface area (Å²) in [5.41, 5.74) is 5.55. The quantitative estimate of drug-likeness (QED) is 0.162. The van der Waals surface area contributed by atoms with Gasteiger partial charge >= 0.3 is 0 Å². The smallest absolute Gasteiger partial charge is 0.273 e. The van der Waals surface area contributed by atoms with Crippen molar-refractivity contribution in [1.82, 2.24) is 14.9 Å². The van der Waals surface area contributed by atoms with E-state index < -0.39 is 4.92 Å². The molecule has 10 heteroatoms. The van der Waals surface area contributed by atoms with Gasteiger partial charge < -0.3 is 19.5 Å². The SMILES string of the molecule is COc1cc([N+](=O)[O-])ccc1-n1c(C)cc([C@H]2[C@H](c3ccccn3)NC(=S)N2c2ccc(Br)cc2)c1C. The molecule has 1 saturated heterocycles. The van der Waals surface area contributed by atoms with Crippen molar-refractivity contribution in [2.45, 2.75) is 25.9 Å². The number of anilines is 1. The van der Waals surface area contributed by atoms with Gasteiger partial charge in [0.2, 0.25) is 0 Å². The Hall–Kier alpha value is -3.76. The summed E-state index contributed by atoms with van der Waals surface area (Å²) in [5, 5.41) is 15.4. The Bertz CT molecular complexity index is 1490. The number of thiocarbonyl (C=S) groups is 1. The molecule has 1 aliphatic heterocycles. The van der Waals surface area contributed by atoms with Crippen LogP contribution >= 0.6 is 28.1 Å². The summed E-state index contributed by atoms with van der Waals surface area (Å²) >= 11 is 9.37. The van der Waals surface area contributed by atoms with Crippen molar-refractivity contribution in [3.05, 3.63) is 110 Å². The Kier molecular flexibility index (Phi) is 6.70. The van der Waals surface area contributed by atoms with Crippen molar-refractivity contribution in [3.63, 3.8) is 0 Å². The van der Waals surface area contributed by atoms with E-state index in [1.807, 2.05) is 56.3 Å². The van der Waals surface area contributed by atoms with Crippen LogP contribution in [0, 0.1) is 24.0 Å². The lowest BCUT2D eigenvalue weighted by molar-refractivity contribution is -0.384. The molecule has 37 heavy (non-hydrogen) atoms. The average molecular weight is 578 g/mol. The fourth-order valence-corrected chi connectivity index (χ4v) is 5.58. The Morgan fingerprint density at radius 2 is 1.86 bits per heavy atom. The molecule has 1 aliphatic rings. The van der Waals surface area contributed by atoms with Crippen LogP contribution in [0.25, 0.3) is 5.69 Å². The highest BCUT2D eigenvalue weighted by Crippen LogP contribution is 2.44.